The lowest BCUT2D eigenvalue weighted by atomic mass is 10.1. The van der Waals surface area contributed by atoms with E-state index in [1.165, 1.54) is 4.90 Å². The van der Waals surface area contributed by atoms with Gasteiger partial charge in [-0.05, 0) is 43.0 Å². The van der Waals surface area contributed by atoms with E-state index < -0.39 is 0 Å². The summed E-state index contributed by atoms with van der Waals surface area (Å²) in [4.78, 5) is 20.4. The van der Waals surface area contributed by atoms with Gasteiger partial charge in [0.2, 0.25) is 0 Å². The second kappa shape index (κ2) is 6.69. The van der Waals surface area contributed by atoms with Crippen LogP contribution in [0.5, 0.6) is 0 Å². The third-order valence-electron chi connectivity index (χ3n) is 3.95. The highest BCUT2D eigenvalue weighted by atomic mass is 35.5. The van der Waals surface area contributed by atoms with Crippen molar-refractivity contribution in [3.8, 4) is 0 Å². The van der Waals surface area contributed by atoms with E-state index in [1.54, 1.807) is 0 Å². The van der Waals surface area contributed by atoms with Gasteiger partial charge in [-0.25, -0.2) is 4.99 Å². The monoisotopic (exact) mass is 330 g/mol. The fourth-order valence-electron chi connectivity index (χ4n) is 2.90. The highest BCUT2D eigenvalue weighted by Gasteiger charge is 2.33. The summed E-state index contributed by atoms with van der Waals surface area (Å²) in [6.45, 7) is 0.746. The molecule has 1 fully saturated rings. The highest BCUT2D eigenvalue weighted by Crippen LogP contribution is 2.27. The number of aliphatic imine (C=N–C) groups is 1. The Morgan fingerprint density at radius 3 is 2.65 bits per heavy atom. The van der Waals surface area contributed by atoms with Crippen LogP contribution in [0.4, 0.5) is 0 Å². The number of hydrogen-bond donors (Lipinski definition) is 1. The zero-order valence-electron chi connectivity index (χ0n) is 13.5. The Morgan fingerprint density at radius 2 is 1.96 bits per heavy atom. The Kier molecular flexibility index (Phi) is 4.64. The van der Waals surface area contributed by atoms with E-state index >= 15 is 0 Å². The van der Waals surface area contributed by atoms with Gasteiger partial charge in [0.15, 0.2) is 0 Å². The van der Waals surface area contributed by atoms with Gasteiger partial charge in [0.05, 0.1) is 14.1 Å². The van der Waals surface area contributed by atoms with Crippen LogP contribution in [0.1, 0.15) is 24.8 Å². The van der Waals surface area contributed by atoms with E-state index in [1.807, 2.05) is 35.2 Å². The molecule has 23 heavy (non-hydrogen) atoms. The van der Waals surface area contributed by atoms with E-state index in [4.69, 9.17) is 11.6 Å². The van der Waals surface area contributed by atoms with E-state index in [9.17, 15) is 4.79 Å². The summed E-state index contributed by atoms with van der Waals surface area (Å²) in [5.74, 6) is 0.824. The van der Waals surface area contributed by atoms with Crippen molar-refractivity contribution in [2.45, 2.75) is 19.3 Å². The molecule has 120 valence electrons. The summed E-state index contributed by atoms with van der Waals surface area (Å²) < 4.78 is 0. The molecule has 1 aromatic rings. The van der Waals surface area contributed by atoms with Crippen molar-refractivity contribution in [3.05, 3.63) is 52.3 Å². The smallest absolute Gasteiger partial charge is 0.278 e. The van der Waals surface area contributed by atoms with Crippen molar-refractivity contribution in [1.82, 2.24) is 4.90 Å². The van der Waals surface area contributed by atoms with Crippen molar-refractivity contribution in [3.63, 3.8) is 0 Å². The molecule has 3 rings (SSSR count). The molecular formula is C18H21ClN3O+. The zero-order chi connectivity index (χ0) is 16.4. The SMILES string of the molecule is C[NH+](C)/C=C1/CCCCN2C(=O)/C(=C\c3ccc(Cl)cc3)N=C12. The summed E-state index contributed by atoms with van der Waals surface area (Å²) >= 11 is 5.91. The number of rotatable bonds is 2. The summed E-state index contributed by atoms with van der Waals surface area (Å²) in [5, 5.41) is 0.685. The molecule has 1 aromatic carbocycles. The molecule has 0 atom stereocenters. The first-order chi connectivity index (χ1) is 11.0. The number of nitrogens with zero attached hydrogens (tertiary/aromatic N) is 2. The summed E-state index contributed by atoms with van der Waals surface area (Å²) in [7, 11) is 4.15. The van der Waals surface area contributed by atoms with Gasteiger partial charge in [0.25, 0.3) is 5.91 Å². The van der Waals surface area contributed by atoms with Crippen LogP contribution in [0.3, 0.4) is 0 Å². The number of halogens is 1. The zero-order valence-corrected chi connectivity index (χ0v) is 14.2. The maximum absolute atomic E-state index is 12.7. The second-order valence-corrected chi connectivity index (χ2v) is 6.61. The topological polar surface area (TPSA) is 37.1 Å². The Labute approximate surface area is 141 Å². The van der Waals surface area contributed by atoms with Crippen LogP contribution in [0, 0.1) is 0 Å². The van der Waals surface area contributed by atoms with E-state index in [0.717, 1.165) is 42.8 Å². The normalized spacial score (nSPS) is 21.8. The average Bonchev–Trinajstić information content (AvgIpc) is 2.68. The summed E-state index contributed by atoms with van der Waals surface area (Å²) in [5.41, 5.74) is 2.60. The molecule has 0 aliphatic carbocycles. The van der Waals surface area contributed by atoms with Crippen molar-refractivity contribution >= 4 is 29.4 Å². The van der Waals surface area contributed by atoms with Crippen molar-refractivity contribution in [2.75, 3.05) is 20.6 Å². The lowest BCUT2D eigenvalue weighted by molar-refractivity contribution is -0.801. The van der Waals surface area contributed by atoms with Crippen molar-refractivity contribution in [2.24, 2.45) is 4.99 Å². The van der Waals surface area contributed by atoms with Gasteiger partial charge in [0, 0.05) is 17.1 Å². The first-order valence-electron chi connectivity index (χ1n) is 7.93. The van der Waals surface area contributed by atoms with Crippen LogP contribution in [0.25, 0.3) is 6.08 Å². The number of nitrogens with one attached hydrogen (secondary N) is 1. The van der Waals surface area contributed by atoms with Crippen LogP contribution in [-0.4, -0.2) is 37.3 Å². The molecule has 2 aliphatic heterocycles. The Morgan fingerprint density at radius 1 is 1.22 bits per heavy atom. The van der Waals surface area contributed by atoms with Crippen molar-refractivity contribution in [1.29, 1.82) is 0 Å². The van der Waals surface area contributed by atoms with Crippen LogP contribution in [-0.2, 0) is 4.79 Å². The molecule has 0 spiro atoms. The number of fused-ring (bicyclic) bond motifs is 1. The number of carbonyl (C=O) groups excluding carboxylic acids is 1. The second-order valence-electron chi connectivity index (χ2n) is 6.18. The lowest BCUT2D eigenvalue weighted by Gasteiger charge is -2.15. The van der Waals surface area contributed by atoms with Gasteiger partial charge in [0.1, 0.15) is 17.7 Å². The Hall–Kier alpha value is -1.91. The maximum Gasteiger partial charge on any atom is 0.278 e. The van der Waals surface area contributed by atoms with Crippen LogP contribution >= 0.6 is 11.6 Å². The van der Waals surface area contributed by atoms with Gasteiger partial charge in [-0.2, -0.15) is 0 Å². The van der Waals surface area contributed by atoms with Gasteiger partial charge < -0.3 is 4.90 Å². The molecule has 1 amide bonds. The van der Waals surface area contributed by atoms with E-state index in [0.29, 0.717) is 10.7 Å². The quantitative estimate of drug-likeness (QED) is 0.829. The molecule has 0 bridgehead atoms. The van der Waals surface area contributed by atoms with Gasteiger partial charge in [-0.1, -0.05) is 23.7 Å². The van der Waals surface area contributed by atoms with Crippen LogP contribution in [0.15, 0.2) is 46.7 Å². The number of benzene rings is 1. The third kappa shape index (κ3) is 3.54. The first-order valence-corrected chi connectivity index (χ1v) is 8.31. The molecule has 2 aliphatic rings. The summed E-state index contributed by atoms with van der Waals surface area (Å²) in [6.07, 6.45) is 7.06. The number of hydrogen-bond acceptors (Lipinski definition) is 2. The number of carbonyl (C=O) groups is 1. The molecule has 0 unspecified atom stereocenters. The van der Waals surface area contributed by atoms with Crippen LogP contribution < -0.4 is 4.90 Å². The summed E-state index contributed by atoms with van der Waals surface area (Å²) in [6, 6.07) is 7.43. The number of amides is 1. The van der Waals surface area contributed by atoms with E-state index in [-0.39, 0.29) is 5.91 Å². The fraction of sp³-hybridized carbons (Fsp3) is 0.333. The Bertz CT molecular complexity index is 701. The minimum atomic E-state index is -0.00324. The largest absolute Gasteiger partial charge is 0.313 e. The molecule has 0 saturated carbocycles. The molecule has 5 heteroatoms. The third-order valence-corrected chi connectivity index (χ3v) is 4.20. The standard InChI is InChI=1S/C18H20ClN3O/c1-21(2)12-14-5-3-4-10-22-17(14)20-16(18(22)23)11-13-6-8-15(19)9-7-13/h6-9,11-12H,3-5,10H2,1-2H3/p+1/b14-12-,16-11+. The maximum atomic E-state index is 12.7. The van der Waals surface area contributed by atoms with Crippen LogP contribution in [0.2, 0.25) is 5.02 Å². The average molecular weight is 331 g/mol. The molecule has 4 nitrogen and oxygen atoms in total. The van der Waals surface area contributed by atoms with Crippen molar-refractivity contribution < 1.29 is 9.69 Å². The molecule has 1 N–H and O–H groups in total. The predicted molar refractivity (Wildman–Crippen MR) is 93.3 cm³/mol. The molecule has 0 aromatic heterocycles. The Balaban J connectivity index is 1.98. The fourth-order valence-corrected chi connectivity index (χ4v) is 3.03. The minimum Gasteiger partial charge on any atom is -0.313 e. The first kappa shape index (κ1) is 16.0. The van der Waals surface area contributed by atoms with E-state index in [2.05, 4.69) is 25.3 Å². The lowest BCUT2D eigenvalue weighted by Crippen LogP contribution is -3.00. The molecular weight excluding hydrogens is 310 g/mol. The molecule has 0 radical (unpaired) electrons. The van der Waals surface area contributed by atoms with Gasteiger partial charge in [-0.15, -0.1) is 0 Å². The highest BCUT2D eigenvalue weighted by molar-refractivity contribution is 6.30. The molecule has 1 saturated heterocycles. The van der Waals surface area contributed by atoms with Gasteiger partial charge in [-0.3, -0.25) is 9.69 Å². The predicted octanol–water partition coefficient (Wildman–Crippen LogP) is 2.13. The minimum absolute atomic E-state index is 0.00324. The van der Waals surface area contributed by atoms with Gasteiger partial charge >= 0.3 is 0 Å². The molecule has 2 heterocycles. The number of amidine groups is 1. The number of quaternary nitrogens is 1.